The van der Waals surface area contributed by atoms with Crippen LogP contribution in [0.1, 0.15) is 94.9 Å². The summed E-state index contributed by atoms with van der Waals surface area (Å²) in [7, 11) is 0. The van der Waals surface area contributed by atoms with Crippen molar-refractivity contribution in [1.29, 1.82) is 0 Å². The quantitative estimate of drug-likeness (QED) is 0.188. The molecular formula is C33H57N5O8S2. The molecule has 0 aromatic rings. The molecule has 2 aliphatic heterocycles. The van der Waals surface area contributed by atoms with Crippen LogP contribution < -0.4 is 21.3 Å². The van der Waals surface area contributed by atoms with Crippen LogP contribution in [0.3, 0.4) is 0 Å². The summed E-state index contributed by atoms with van der Waals surface area (Å²) in [6.07, 6.45) is 1.24. The van der Waals surface area contributed by atoms with Crippen molar-refractivity contribution < 1.29 is 38.6 Å². The predicted octanol–water partition coefficient (Wildman–Crippen LogP) is 2.59. The van der Waals surface area contributed by atoms with Gasteiger partial charge in [0.15, 0.2) is 0 Å². The van der Waals surface area contributed by atoms with Crippen LogP contribution in [0.5, 0.6) is 0 Å². The molecule has 15 heteroatoms. The van der Waals surface area contributed by atoms with E-state index in [0.29, 0.717) is 12.8 Å². The second kappa shape index (κ2) is 16.9. The molecule has 274 valence electrons. The zero-order chi connectivity index (χ0) is 36.7. The number of alkyl carbamates (subject to hydrolysis) is 1. The second-order valence-corrected chi connectivity index (χ2v) is 18.9. The molecule has 0 aliphatic carbocycles. The summed E-state index contributed by atoms with van der Waals surface area (Å²) in [5.74, 6) is -1.74. The minimum atomic E-state index is -1.18. The number of nitrogens with one attached hydrogen (secondary N) is 4. The number of likely N-dealkylation sites (tertiary alicyclic amines) is 1. The SMILES string of the molecule is CCCC(NC(=O)[C@@H]1CC2(CN1C(=O)C(NC(=O)OC(C)(C)C)C(C)(C)C)SCCCS2)C(=O)C(=O)NCC(=O)NC(CO)C(C)(C)C. The molecule has 0 radical (unpaired) electrons. The number of aliphatic hydroxyl groups excluding tert-OH is 1. The molecule has 0 aromatic carbocycles. The molecule has 2 heterocycles. The van der Waals surface area contributed by atoms with Gasteiger partial charge in [0.2, 0.25) is 23.5 Å². The number of carbonyl (C=O) groups excluding carboxylic acids is 6. The van der Waals surface area contributed by atoms with Crippen LogP contribution >= 0.6 is 23.5 Å². The summed E-state index contributed by atoms with van der Waals surface area (Å²) >= 11 is 3.41. The van der Waals surface area contributed by atoms with E-state index in [0.717, 1.165) is 17.9 Å². The zero-order valence-corrected chi connectivity index (χ0v) is 31.9. The number of nitrogens with zero attached hydrogens (tertiary/aromatic N) is 1. The smallest absolute Gasteiger partial charge is 0.408 e. The Balaban J connectivity index is 2.26. The summed E-state index contributed by atoms with van der Waals surface area (Å²) < 4.78 is 5.01. The maximum absolute atomic E-state index is 14.3. The lowest BCUT2D eigenvalue weighted by Crippen LogP contribution is -2.59. The molecule has 4 atom stereocenters. The van der Waals surface area contributed by atoms with Crippen LogP contribution in [-0.4, -0.2) is 111 Å². The van der Waals surface area contributed by atoms with Gasteiger partial charge in [0.25, 0.3) is 5.91 Å². The number of Topliss-reactive ketones (excluding diaryl/α,β-unsaturated/α-hetero) is 1. The van der Waals surface area contributed by atoms with E-state index in [-0.39, 0.29) is 19.6 Å². The van der Waals surface area contributed by atoms with E-state index in [1.165, 1.54) is 4.90 Å². The van der Waals surface area contributed by atoms with Gasteiger partial charge in [-0.1, -0.05) is 54.9 Å². The first-order chi connectivity index (χ1) is 22.0. The number of hydrogen-bond donors (Lipinski definition) is 5. The fourth-order valence-electron chi connectivity index (χ4n) is 5.38. The first-order valence-electron chi connectivity index (χ1n) is 16.6. The van der Waals surface area contributed by atoms with Crippen molar-refractivity contribution >= 4 is 59.0 Å². The summed E-state index contributed by atoms with van der Waals surface area (Å²) in [6.45, 7) is 17.5. The topological polar surface area (TPSA) is 183 Å². The Bertz CT molecular complexity index is 1190. The van der Waals surface area contributed by atoms with Crippen molar-refractivity contribution in [2.75, 3.05) is 31.2 Å². The highest BCUT2D eigenvalue weighted by molar-refractivity contribution is 8.18. The van der Waals surface area contributed by atoms with Crippen molar-refractivity contribution in [2.45, 2.75) is 129 Å². The molecule has 5 N–H and O–H groups in total. The van der Waals surface area contributed by atoms with Gasteiger partial charge in [0.1, 0.15) is 17.7 Å². The lowest BCUT2D eigenvalue weighted by Gasteiger charge is -2.36. The normalized spacial score (nSPS) is 19.9. The average molecular weight is 716 g/mol. The van der Waals surface area contributed by atoms with E-state index in [1.807, 2.05) is 48.5 Å². The Kier molecular flexibility index (Phi) is 14.7. The van der Waals surface area contributed by atoms with Gasteiger partial charge in [0.05, 0.1) is 29.3 Å². The van der Waals surface area contributed by atoms with Gasteiger partial charge >= 0.3 is 6.09 Å². The largest absolute Gasteiger partial charge is 0.444 e. The number of amides is 5. The van der Waals surface area contributed by atoms with Gasteiger partial charge in [-0.15, -0.1) is 23.5 Å². The number of ether oxygens (including phenoxy) is 1. The highest BCUT2D eigenvalue weighted by Gasteiger charge is 2.53. The molecule has 2 aliphatic rings. The first kappa shape index (κ1) is 41.7. The molecule has 48 heavy (non-hydrogen) atoms. The third-order valence-corrected chi connectivity index (χ3v) is 11.4. The molecule has 2 saturated heterocycles. The minimum Gasteiger partial charge on any atom is -0.444 e. The number of ketones is 1. The molecule has 2 fully saturated rings. The van der Waals surface area contributed by atoms with Gasteiger partial charge < -0.3 is 36.0 Å². The van der Waals surface area contributed by atoms with E-state index < -0.39 is 86.7 Å². The van der Waals surface area contributed by atoms with Gasteiger partial charge in [-0.05, 0) is 55.9 Å². The molecular weight excluding hydrogens is 659 g/mol. The minimum absolute atomic E-state index is 0.168. The molecule has 1 spiro atoms. The maximum Gasteiger partial charge on any atom is 0.408 e. The van der Waals surface area contributed by atoms with E-state index in [9.17, 15) is 33.9 Å². The summed E-state index contributed by atoms with van der Waals surface area (Å²) in [6, 6.07) is -3.69. The van der Waals surface area contributed by atoms with E-state index >= 15 is 0 Å². The van der Waals surface area contributed by atoms with Gasteiger partial charge in [-0.2, -0.15) is 0 Å². The zero-order valence-electron chi connectivity index (χ0n) is 30.2. The number of rotatable bonds is 12. The molecule has 5 amide bonds. The standard InChI is InChI=1S/C33H57N5O8S2/c1-11-13-20(24(41)27(43)34-17-23(40)36-22(18-39)30(2,3)4)35-26(42)21-16-33(47-14-12-15-48-33)19-38(21)28(44)25(31(5,6)7)37-29(45)46-32(8,9)10/h20-22,25,39H,11-19H2,1-10H3,(H,34,43)(H,35,42)(H,36,40)(H,37,45)/t20?,21-,22?,25?/m0/s1. The van der Waals surface area contributed by atoms with Crippen molar-refractivity contribution in [3.63, 3.8) is 0 Å². The Hall–Kier alpha value is -2.52. The predicted molar refractivity (Wildman–Crippen MR) is 188 cm³/mol. The van der Waals surface area contributed by atoms with Crippen molar-refractivity contribution in [1.82, 2.24) is 26.2 Å². The van der Waals surface area contributed by atoms with Gasteiger partial charge in [-0.25, -0.2) is 4.79 Å². The number of carbonyl (C=O) groups is 6. The Morgan fingerprint density at radius 3 is 2.02 bits per heavy atom. The summed E-state index contributed by atoms with van der Waals surface area (Å²) in [5.41, 5.74) is -1.94. The third-order valence-electron chi connectivity index (χ3n) is 8.08. The second-order valence-electron chi connectivity index (χ2n) is 15.7. The van der Waals surface area contributed by atoms with Crippen molar-refractivity contribution in [3.8, 4) is 0 Å². The van der Waals surface area contributed by atoms with Crippen LogP contribution in [0.15, 0.2) is 0 Å². The van der Waals surface area contributed by atoms with E-state index in [2.05, 4.69) is 21.3 Å². The molecule has 3 unspecified atom stereocenters. The summed E-state index contributed by atoms with van der Waals surface area (Å²) in [5, 5.41) is 20.1. The first-order valence-corrected chi connectivity index (χ1v) is 18.6. The fraction of sp³-hybridized carbons (Fsp3) is 0.818. The van der Waals surface area contributed by atoms with Crippen LogP contribution in [0.25, 0.3) is 0 Å². The molecule has 0 bridgehead atoms. The Morgan fingerprint density at radius 1 is 0.917 bits per heavy atom. The Morgan fingerprint density at radius 2 is 1.52 bits per heavy atom. The highest BCUT2D eigenvalue weighted by Crippen LogP contribution is 2.50. The lowest BCUT2D eigenvalue weighted by atomic mass is 9.85. The highest BCUT2D eigenvalue weighted by atomic mass is 32.2. The molecule has 2 rings (SSSR count). The van der Waals surface area contributed by atoms with Crippen molar-refractivity contribution in [3.05, 3.63) is 0 Å². The number of hydrogen-bond acceptors (Lipinski definition) is 10. The fourth-order valence-corrected chi connectivity index (χ4v) is 8.73. The monoisotopic (exact) mass is 715 g/mol. The van der Waals surface area contributed by atoms with Crippen LogP contribution in [0.4, 0.5) is 4.79 Å². The number of thioether (sulfide) groups is 2. The van der Waals surface area contributed by atoms with Crippen molar-refractivity contribution in [2.24, 2.45) is 10.8 Å². The van der Waals surface area contributed by atoms with Gasteiger partial charge in [-0.3, -0.25) is 24.0 Å². The lowest BCUT2D eigenvalue weighted by molar-refractivity contribution is -0.144. The Labute approximate surface area is 293 Å². The van der Waals surface area contributed by atoms with Gasteiger partial charge in [0, 0.05) is 13.0 Å². The third kappa shape index (κ3) is 12.1. The molecule has 0 saturated carbocycles. The maximum atomic E-state index is 14.3. The average Bonchev–Trinajstić information content (AvgIpc) is 3.33. The van der Waals surface area contributed by atoms with E-state index in [1.54, 1.807) is 44.3 Å². The number of aliphatic hydroxyl groups is 1. The van der Waals surface area contributed by atoms with Crippen LogP contribution in [-0.2, 0) is 28.7 Å². The van der Waals surface area contributed by atoms with Crippen LogP contribution in [0.2, 0.25) is 0 Å². The van der Waals surface area contributed by atoms with Crippen LogP contribution in [0, 0.1) is 10.8 Å². The molecule has 0 aromatic heterocycles. The summed E-state index contributed by atoms with van der Waals surface area (Å²) in [4.78, 5) is 81.2. The van der Waals surface area contributed by atoms with E-state index in [4.69, 9.17) is 4.74 Å². The molecule has 13 nitrogen and oxygen atoms in total.